The number of hydrogen-bond donors (Lipinski definition) is 1. The van der Waals surface area contributed by atoms with Gasteiger partial charge in [0.1, 0.15) is 5.70 Å². The van der Waals surface area contributed by atoms with Gasteiger partial charge in [-0.05, 0) is 30.2 Å². The molecule has 0 atom stereocenters. The number of carbonyl (C=O) groups is 2. The minimum atomic E-state index is -0.577. The Morgan fingerprint density at radius 3 is 2.08 bits per heavy atom. The van der Waals surface area contributed by atoms with Crippen LogP contribution in [-0.2, 0) is 14.3 Å². The molecule has 1 amide bonds. The largest absolute Gasteiger partial charge is 0.461 e. The van der Waals surface area contributed by atoms with Gasteiger partial charge in [0.15, 0.2) is 0 Å². The Labute approximate surface area is 153 Å². The standard InChI is InChI=1S/C22H21NO3/c1-2-26-22(25)20(15-9-14-18-10-5-3-6-11-18)23-21(24)17-16-19-12-7-4-8-13-19/h3-17H,2H2,1H3,(H,23,24)/b14-9+,17-16?,20-15-. The molecule has 2 aromatic rings. The summed E-state index contributed by atoms with van der Waals surface area (Å²) in [6, 6.07) is 19.1. The lowest BCUT2D eigenvalue weighted by atomic mass is 10.2. The van der Waals surface area contributed by atoms with Crippen molar-refractivity contribution in [2.24, 2.45) is 0 Å². The van der Waals surface area contributed by atoms with Crippen LogP contribution in [0.3, 0.4) is 0 Å². The van der Waals surface area contributed by atoms with E-state index < -0.39 is 11.9 Å². The highest BCUT2D eigenvalue weighted by Crippen LogP contribution is 2.04. The fraction of sp³-hybridized carbons (Fsp3) is 0.0909. The molecule has 0 unspecified atom stereocenters. The third kappa shape index (κ3) is 6.61. The summed E-state index contributed by atoms with van der Waals surface area (Å²) < 4.78 is 4.99. The van der Waals surface area contributed by atoms with E-state index in [4.69, 9.17) is 4.74 Å². The quantitative estimate of drug-likeness (QED) is 0.468. The molecule has 0 heterocycles. The van der Waals surface area contributed by atoms with Crippen LogP contribution in [0.5, 0.6) is 0 Å². The molecule has 0 radical (unpaired) electrons. The van der Waals surface area contributed by atoms with E-state index in [0.717, 1.165) is 11.1 Å². The van der Waals surface area contributed by atoms with E-state index >= 15 is 0 Å². The highest BCUT2D eigenvalue weighted by Gasteiger charge is 2.11. The van der Waals surface area contributed by atoms with E-state index in [1.807, 2.05) is 66.7 Å². The van der Waals surface area contributed by atoms with Gasteiger partial charge in [0.25, 0.3) is 0 Å². The number of nitrogens with one attached hydrogen (secondary N) is 1. The van der Waals surface area contributed by atoms with E-state index in [1.54, 1.807) is 19.1 Å². The summed E-state index contributed by atoms with van der Waals surface area (Å²) in [4.78, 5) is 24.1. The third-order valence-corrected chi connectivity index (χ3v) is 3.33. The zero-order valence-corrected chi connectivity index (χ0v) is 14.6. The molecule has 0 aliphatic heterocycles. The molecule has 0 aliphatic carbocycles. The number of rotatable bonds is 7. The fourth-order valence-corrected chi connectivity index (χ4v) is 2.10. The molecule has 0 spiro atoms. The summed E-state index contributed by atoms with van der Waals surface area (Å²) >= 11 is 0. The predicted octanol–water partition coefficient (Wildman–Crippen LogP) is 3.98. The Hall–Kier alpha value is -3.40. The van der Waals surface area contributed by atoms with E-state index in [2.05, 4.69) is 5.32 Å². The second-order valence-corrected chi connectivity index (χ2v) is 5.30. The molecule has 0 aromatic heterocycles. The molecule has 4 heteroatoms. The maximum Gasteiger partial charge on any atom is 0.354 e. The Bertz CT molecular complexity index is 806. The van der Waals surface area contributed by atoms with Gasteiger partial charge in [-0.25, -0.2) is 4.79 Å². The molecule has 2 rings (SSSR count). The van der Waals surface area contributed by atoms with Crippen LogP contribution in [0.2, 0.25) is 0 Å². The second-order valence-electron chi connectivity index (χ2n) is 5.30. The Morgan fingerprint density at radius 2 is 1.50 bits per heavy atom. The third-order valence-electron chi connectivity index (χ3n) is 3.33. The van der Waals surface area contributed by atoms with Crippen LogP contribution >= 0.6 is 0 Å². The summed E-state index contributed by atoms with van der Waals surface area (Å²) in [5, 5.41) is 2.57. The summed E-state index contributed by atoms with van der Waals surface area (Å²) in [6.07, 6.45) is 8.12. The lowest BCUT2D eigenvalue weighted by Crippen LogP contribution is -2.27. The van der Waals surface area contributed by atoms with Gasteiger partial charge in [-0.1, -0.05) is 72.8 Å². The summed E-state index contributed by atoms with van der Waals surface area (Å²) in [7, 11) is 0. The van der Waals surface area contributed by atoms with Crippen LogP contribution in [0.1, 0.15) is 18.1 Å². The molecule has 0 saturated heterocycles. The van der Waals surface area contributed by atoms with Crippen molar-refractivity contribution in [3.63, 3.8) is 0 Å². The van der Waals surface area contributed by atoms with Gasteiger partial charge in [0, 0.05) is 6.08 Å². The molecule has 0 aliphatic rings. The first-order valence-corrected chi connectivity index (χ1v) is 8.33. The number of esters is 1. The van der Waals surface area contributed by atoms with Crippen molar-refractivity contribution in [1.29, 1.82) is 0 Å². The summed E-state index contributed by atoms with van der Waals surface area (Å²) in [5.41, 5.74) is 1.97. The summed E-state index contributed by atoms with van der Waals surface area (Å²) in [5.74, 6) is -0.979. The van der Waals surface area contributed by atoms with Crippen LogP contribution in [0.4, 0.5) is 0 Å². The van der Waals surface area contributed by atoms with Crippen LogP contribution in [-0.4, -0.2) is 18.5 Å². The van der Waals surface area contributed by atoms with Crippen molar-refractivity contribution in [1.82, 2.24) is 5.32 Å². The SMILES string of the molecule is CCOC(=O)/C(=C/C=C/c1ccccc1)NC(=O)C=Cc1ccccc1. The van der Waals surface area contributed by atoms with E-state index in [1.165, 1.54) is 12.2 Å². The van der Waals surface area contributed by atoms with Gasteiger partial charge < -0.3 is 10.1 Å². The molecule has 132 valence electrons. The predicted molar refractivity (Wildman–Crippen MR) is 104 cm³/mol. The number of carbonyl (C=O) groups excluding carboxylic acids is 2. The van der Waals surface area contributed by atoms with Gasteiger partial charge in [0.2, 0.25) is 5.91 Å². The first kappa shape index (κ1) is 18.9. The van der Waals surface area contributed by atoms with Gasteiger partial charge in [-0.3, -0.25) is 4.79 Å². The molecule has 26 heavy (non-hydrogen) atoms. The minimum absolute atomic E-state index is 0.0849. The first-order valence-electron chi connectivity index (χ1n) is 8.33. The van der Waals surface area contributed by atoms with Gasteiger partial charge in [0.05, 0.1) is 6.61 Å². The average molecular weight is 347 g/mol. The van der Waals surface area contributed by atoms with E-state index in [-0.39, 0.29) is 12.3 Å². The van der Waals surface area contributed by atoms with Crippen molar-refractivity contribution >= 4 is 24.0 Å². The number of hydrogen-bond acceptors (Lipinski definition) is 3. The van der Waals surface area contributed by atoms with Crippen molar-refractivity contribution in [2.45, 2.75) is 6.92 Å². The van der Waals surface area contributed by atoms with E-state index in [0.29, 0.717) is 0 Å². The molecule has 0 bridgehead atoms. The molecule has 4 nitrogen and oxygen atoms in total. The topological polar surface area (TPSA) is 55.4 Å². The summed E-state index contributed by atoms with van der Waals surface area (Å²) in [6.45, 7) is 1.95. The minimum Gasteiger partial charge on any atom is -0.461 e. The normalized spacial score (nSPS) is 11.7. The second kappa shape index (κ2) is 10.5. The maximum atomic E-state index is 12.1. The average Bonchev–Trinajstić information content (AvgIpc) is 2.67. The highest BCUT2D eigenvalue weighted by atomic mass is 16.5. The molecule has 0 saturated carbocycles. The molecular formula is C22H21NO3. The maximum absolute atomic E-state index is 12.1. The van der Waals surface area contributed by atoms with Crippen LogP contribution in [0.15, 0.2) is 84.6 Å². The zero-order chi connectivity index (χ0) is 18.6. The molecule has 1 N–H and O–H groups in total. The lowest BCUT2D eigenvalue weighted by Gasteiger charge is -2.06. The zero-order valence-electron chi connectivity index (χ0n) is 14.6. The number of ether oxygens (including phenoxy) is 1. The van der Waals surface area contributed by atoms with Crippen molar-refractivity contribution < 1.29 is 14.3 Å². The molecular weight excluding hydrogens is 326 g/mol. The Kier molecular flexibility index (Phi) is 7.62. The van der Waals surface area contributed by atoms with Gasteiger partial charge in [-0.15, -0.1) is 0 Å². The monoisotopic (exact) mass is 347 g/mol. The fourth-order valence-electron chi connectivity index (χ4n) is 2.10. The Morgan fingerprint density at radius 1 is 0.923 bits per heavy atom. The van der Waals surface area contributed by atoms with Crippen molar-refractivity contribution in [3.05, 3.63) is 95.7 Å². The lowest BCUT2D eigenvalue weighted by molar-refractivity contribution is -0.139. The van der Waals surface area contributed by atoms with Crippen LogP contribution < -0.4 is 5.32 Å². The van der Waals surface area contributed by atoms with Gasteiger partial charge in [-0.2, -0.15) is 0 Å². The van der Waals surface area contributed by atoms with Crippen LogP contribution in [0, 0.1) is 0 Å². The number of amides is 1. The molecule has 2 aromatic carbocycles. The smallest absolute Gasteiger partial charge is 0.354 e. The van der Waals surface area contributed by atoms with Crippen molar-refractivity contribution in [3.8, 4) is 0 Å². The van der Waals surface area contributed by atoms with Gasteiger partial charge >= 0.3 is 5.97 Å². The highest BCUT2D eigenvalue weighted by molar-refractivity contribution is 5.99. The number of benzene rings is 2. The van der Waals surface area contributed by atoms with E-state index in [9.17, 15) is 9.59 Å². The van der Waals surface area contributed by atoms with Crippen molar-refractivity contribution in [2.75, 3.05) is 6.61 Å². The number of allylic oxidation sites excluding steroid dienone is 2. The first-order chi connectivity index (χ1) is 12.7. The Balaban J connectivity index is 2.07. The molecule has 0 fully saturated rings. The van der Waals surface area contributed by atoms with Crippen LogP contribution in [0.25, 0.3) is 12.2 Å².